The second-order valence-corrected chi connectivity index (χ2v) is 4.50. The minimum absolute atomic E-state index is 0.0193. The van der Waals surface area contributed by atoms with Crippen molar-refractivity contribution in [2.45, 2.75) is 59.0 Å². The Bertz CT molecular complexity index is 440. The topological polar surface area (TPSA) is 113 Å². The molecule has 124 valence electrons. The molecule has 0 aromatic rings. The number of ether oxygens (including phenoxy) is 3. The van der Waals surface area contributed by atoms with Gasteiger partial charge in [-0.3, -0.25) is 19.2 Å². The lowest BCUT2D eigenvalue weighted by Gasteiger charge is -2.15. The SMILES string of the molecule is CCCC(=O)OC(CCCC(=O)OC(C)=O)C(=O)OC(C)=O. The van der Waals surface area contributed by atoms with Crippen LogP contribution in [0.3, 0.4) is 0 Å². The molecule has 0 aromatic heterocycles. The van der Waals surface area contributed by atoms with Gasteiger partial charge in [-0.15, -0.1) is 0 Å². The number of hydrogen-bond donors (Lipinski definition) is 0. The van der Waals surface area contributed by atoms with Gasteiger partial charge in [-0.1, -0.05) is 6.92 Å². The summed E-state index contributed by atoms with van der Waals surface area (Å²) in [5.41, 5.74) is 0. The van der Waals surface area contributed by atoms with E-state index in [-0.39, 0.29) is 25.7 Å². The Balaban J connectivity index is 4.48. The van der Waals surface area contributed by atoms with Crippen LogP contribution in [0.2, 0.25) is 0 Å². The maximum atomic E-state index is 11.7. The van der Waals surface area contributed by atoms with Gasteiger partial charge in [0.1, 0.15) is 0 Å². The van der Waals surface area contributed by atoms with Crippen molar-refractivity contribution in [3.8, 4) is 0 Å². The van der Waals surface area contributed by atoms with Crippen LogP contribution in [0.4, 0.5) is 0 Å². The summed E-state index contributed by atoms with van der Waals surface area (Å²) >= 11 is 0. The minimum atomic E-state index is -1.27. The number of carbonyl (C=O) groups is 5. The summed E-state index contributed by atoms with van der Waals surface area (Å²) in [5.74, 6) is -3.88. The monoisotopic (exact) mass is 316 g/mol. The first-order chi connectivity index (χ1) is 10.3. The quantitative estimate of drug-likeness (QED) is 0.371. The predicted molar refractivity (Wildman–Crippen MR) is 72.2 cm³/mol. The summed E-state index contributed by atoms with van der Waals surface area (Å²) in [6.07, 6.45) is -0.630. The molecule has 0 aromatic carbocycles. The Morgan fingerprint density at radius 2 is 1.45 bits per heavy atom. The zero-order chi connectivity index (χ0) is 17.1. The molecule has 1 unspecified atom stereocenters. The van der Waals surface area contributed by atoms with E-state index in [0.29, 0.717) is 6.42 Å². The molecular formula is C14H20O8. The van der Waals surface area contributed by atoms with Gasteiger partial charge in [0.15, 0.2) is 6.10 Å². The van der Waals surface area contributed by atoms with Crippen molar-refractivity contribution < 1.29 is 38.2 Å². The van der Waals surface area contributed by atoms with Crippen molar-refractivity contribution in [3.63, 3.8) is 0 Å². The van der Waals surface area contributed by atoms with Crippen LogP contribution in [0.15, 0.2) is 0 Å². The summed E-state index contributed by atoms with van der Waals surface area (Å²) in [5, 5.41) is 0. The van der Waals surface area contributed by atoms with Crippen LogP contribution in [-0.4, -0.2) is 36.0 Å². The van der Waals surface area contributed by atoms with Gasteiger partial charge in [0, 0.05) is 26.7 Å². The number of carbonyl (C=O) groups excluding carboxylic acids is 5. The minimum Gasteiger partial charge on any atom is -0.450 e. The smallest absolute Gasteiger partial charge is 0.355 e. The molecule has 0 spiro atoms. The predicted octanol–water partition coefficient (Wildman–Crippen LogP) is 1.05. The fraction of sp³-hybridized carbons (Fsp3) is 0.643. The Hall–Kier alpha value is -2.25. The van der Waals surface area contributed by atoms with Crippen LogP contribution in [0, 0.1) is 0 Å². The van der Waals surface area contributed by atoms with E-state index in [4.69, 9.17) is 4.74 Å². The molecule has 0 aliphatic carbocycles. The van der Waals surface area contributed by atoms with E-state index >= 15 is 0 Å². The fourth-order valence-corrected chi connectivity index (χ4v) is 1.50. The lowest BCUT2D eigenvalue weighted by atomic mass is 10.1. The van der Waals surface area contributed by atoms with Crippen molar-refractivity contribution in [1.82, 2.24) is 0 Å². The third-order valence-corrected chi connectivity index (χ3v) is 2.34. The Morgan fingerprint density at radius 1 is 0.864 bits per heavy atom. The van der Waals surface area contributed by atoms with Gasteiger partial charge < -0.3 is 14.2 Å². The summed E-state index contributed by atoms with van der Waals surface area (Å²) in [6.45, 7) is 3.91. The van der Waals surface area contributed by atoms with Gasteiger partial charge in [0.25, 0.3) is 0 Å². The second kappa shape index (κ2) is 10.5. The molecule has 0 heterocycles. The van der Waals surface area contributed by atoms with Gasteiger partial charge >= 0.3 is 29.8 Å². The zero-order valence-electron chi connectivity index (χ0n) is 12.9. The van der Waals surface area contributed by atoms with E-state index < -0.39 is 36.0 Å². The highest BCUT2D eigenvalue weighted by Crippen LogP contribution is 2.10. The Morgan fingerprint density at radius 3 is 1.95 bits per heavy atom. The summed E-state index contributed by atoms with van der Waals surface area (Å²) in [6, 6.07) is 0. The first-order valence-corrected chi connectivity index (χ1v) is 6.89. The highest BCUT2D eigenvalue weighted by Gasteiger charge is 2.25. The number of rotatable bonds is 8. The molecule has 0 fully saturated rings. The average molecular weight is 316 g/mol. The molecule has 0 amide bonds. The summed E-state index contributed by atoms with van der Waals surface area (Å²) in [4.78, 5) is 55.6. The van der Waals surface area contributed by atoms with Crippen molar-refractivity contribution in [3.05, 3.63) is 0 Å². The molecule has 0 bridgehead atoms. The number of hydrogen-bond acceptors (Lipinski definition) is 8. The van der Waals surface area contributed by atoms with Crippen LogP contribution in [0.5, 0.6) is 0 Å². The van der Waals surface area contributed by atoms with Crippen LogP contribution in [-0.2, 0) is 38.2 Å². The van der Waals surface area contributed by atoms with Crippen LogP contribution >= 0.6 is 0 Å². The van der Waals surface area contributed by atoms with Crippen molar-refractivity contribution in [1.29, 1.82) is 0 Å². The van der Waals surface area contributed by atoms with E-state index in [0.717, 1.165) is 13.8 Å². The van der Waals surface area contributed by atoms with Crippen LogP contribution in [0.1, 0.15) is 52.9 Å². The van der Waals surface area contributed by atoms with Crippen LogP contribution < -0.4 is 0 Å². The average Bonchev–Trinajstić information content (AvgIpc) is 2.36. The third kappa shape index (κ3) is 9.62. The van der Waals surface area contributed by atoms with Gasteiger partial charge in [-0.2, -0.15) is 0 Å². The Labute approximate surface area is 128 Å². The van der Waals surface area contributed by atoms with E-state index in [1.807, 2.05) is 0 Å². The molecule has 0 saturated heterocycles. The molecule has 0 rings (SSSR count). The molecule has 8 nitrogen and oxygen atoms in total. The molecule has 0 aliphatic rings. The summed E-state index contributed by atoms with van der Waals surface area (Å²) < 4.78 is 13.6. The van der Waals surface area contributed by atoms with E-state index in [1.165, 1.54) is 0 Å². The van der Waals surface area contributed by atoms with E-state index in [9.17, 15) is 24.0 Å². The molecule has 0 radical (unpaired) electrons. The van der Waals surface area contributed by atoms with Crippen molar-refractivity contribution in [2.24, 2.45) is 0 Å². The fourth-order valence-electron chi connectivity index (χ4n) is 1.50. The van der Waals surface area contributed by atoms with Crippen LogP contribution in [0.25, 0.3) is 0 Å². The lowest BCUT2D eigenvalue weighted by molar-refractivity contribution is -0.174. The third-order valence-electron chi connectivity index (χ3n) is 2.34. The van der Waals surface area contributed by atoms with E-state index in [2.05, 4.69) is 9.47 Å². The standard InChI is InChI=1S/C14H20O8/c1-4-6-12(17)22-11(14(19)21-10(3)16)7-5-8-13(18)20-9(2)15/h11H,4-8H2,1-3H3. The van der Waals surface area contributed by atoms with Gasteiger partial charge in [0.05, 0.1) is 0 Å². The van der Waals surface area contributed by atoms with Crippen molar-refractivity contribution in [2.75, 3.05) is 0 Å². The molecule has 22 heavy (non-hydrogen) atoms. The molecule has 0 saturated carbocycles. The maximum absolute atomic E-state index is 11.7. The molecule has 1 atom stereocenters. The highest BCUT2D eigenvalue weighted by molar-refractivity contribution is 5.88. The first-order valence-electron chi connectivity index (χ1n) is 6.89. The summed E-state index contributed by atoms with van der Waals surface area (Å²) in [7, 11) is 0. The maximum Gasteiger partial charge on any atom is 0.355 e. The largest absolute Gasteiger partial charge is 0.450 e. The normalized spacial score (nSPS) is 11.2. The molecule has 8 heteroatoms. The molecular weight excluding hydrogens is 296 g/mol. The van der Waals surface area contributed by atoms with Crippen molar-refractivity contribution >= 4 is 29.8 Å². The Kier molecular flexibility index (Phi) is 9.40. The highest BCUT2D eigenvalue weighted by atomic mass is 16.6. The van der Waals surface area contributed by atoms with Gasteiger partial charge in [-0.25, -0.2) is 4.79 Å². The second-order valence-electron chi connectivity index (χ2n) is 4.50. The van der Waals surface area contributed by atoms with E-state index in [1.54, 1.807) is 6.92 Å². The first kappa shape index (κ1) is 19.8. The molecule has 0 aliphatic heterocycles. The zero-order valence-corrected chi connectivity index (χ0v) is 12.9. The number of esters is 5. The van der Waals surface area contributed by atoms with Gasteiger partial charge in [0.2, 0.25) is 0 Å². The van der Waals surface area contributed by atoms with Gasteiger partial charge in [-0.05, 0) is 19.3 Å². The lowest BCUT2D eigenvalue weighted by Crippen LogP contribution is -2.30. The molecule has 0 N–H and O–H groups in total.